The Bertz CT molecular complexity index is 712. The highest BCUT2D eigenvalue weighted by Crippen LogP contribution is 2.16. The Balaban J connectivity index is 1.79. The van der Waals surface area contributed by atoms with Crippen LogP contribution >= 0.6 is 0 Å². The van der Waals surface area contributed by atoms with Gasteiger partial charge in [-0.25, -0.2) is 0 Å². The van der Waals surface area contributed by atoms with E-state index in [1.54, 1.807) is 24.3 Å². The van der Waals surface area contributed by atoms with Crippen LogP contribution in [0, 0.1) is 5.92 Å². The van der Waals surface area contributed by atoms with E-state index in [0.717, 1.165) is 31.4 Å². The van der Waals surface area contributed by atoms with Crippen molar-refractivity contribution in [1.29, 1.82) is 0 Å². The molecule has 4 nitrogen and oxygen atoms in total. The molecule has 0 fully saturated rings. The van der Waals surface area contributed by atoms with E-state index in [4.69, 9.17) is 0 Å². The van der Waals surface area contributed by atoms with Crippen LogP contribution in [0.25, 0.3) is 0 Å². The Morgan fingerprint density at radius 2 is 1.70 bits per heavy atom. The summed E-state index contributed by atoms with van der Waals surface area (Å²) in [6, 6.07) is 6.89. The Labute approximate surface area is 163 Å². The molecule has 0 aliphatic heterocycles. The molecule has 1 aromatic carbocycles. The van der Waals surface area contributed by atoms with Crippen molar-refractivity contribution in [3.05, 3.63) is 59.2 Å². The van der Waals surface area contributed by atoms with E-state index in [-0.39, 0.29) is 17.2 Å². The van der Waals surface area contributed by atoms with Gasteiger partial charge in [-0.2, -0.15) is 0 Å². The Hall–Kier alpha value is -2.20. The molecular formula is C23H32N2O2. The van der Waals surface area contributed by atoms with E-state index in [2.05, 4.69) is 38.3 Å². The van der Waals surface area contributed by atoms with Gasteiger partial charge >= 0.3 is 0 Å². The van der Waals surface area contributed by atoms with E-state index < -0.39 is 0 Å². The molecule has 1 amide bonds. The van der Waals surface area contributed by atoms with Crippen molar-refractivity contribution < 1.29 is 9.59 Å². The van der Waals surface area contributed by atoms with Gasteiger partial charge in [0.2, 0.25) is 0 Å². The minimum Gasteiger partial charge on any atom is -0.352 e. The summed E-state index contributed by atoms with van der Waals surface area (Å²) in [5, 5.41) is 6.46. The van der Waals surface area contributed by atoms with Crippen molar-refractivity contribution in [2.75, 3.05) is 13.1 Å². The highest BCUT2D eigenvalue weighted by atomic mass is 16.1. The maximum Gasteiger partial charge on any atom is 0.251 e. The van der Waals surface area contributed by atoms with E-state index in [9.17, 15) is 9.59 Å². The predicted octanol–water partition coefficient (Wildman–Crippen LogP) is 4.29. The van der Waals surface area contributed by atoms with Gasteiger partial charge in [-0.3, -0.25) is 9.59 Å². The third-order valence-electron chi connectivity index (χ3n) is 5.33. The summed E-state index contributed by atoms with van der Waals surface area (Å²) < 4.78 is 0. The molecular weight excluding hydrogens is 336 g/mol. The number of carbonyl (C=O) groups excluding carboxylic acids is 2. The molecule has 0 heterocycles. The highest BCUT2D eigenvalue weighted by molar-refractivity contribution is 6.11. The van der Waals surface area contributed by atoms with E-state index in [0.29, 0.717) is 23.6 Å². The molecule has 0 aromatic heterocycles. The molecule has 27 heavy (non-hydrogen) atoms. The van der Waals surface area contributed by atoms with Crippen molar-refractivity contribution in [2.45, 2.75) is 52.5 Å². The maximum absolute atomic E-state index is 12.4. The molecule has 0 saturated heterocycles. The zero-order chi connectivity index (χ0) is 19.9. The molecule has 0 unspecified atom stereocenters. The number of rotatable bonds is 9. The van der Waals surface area contributed by atoms with E-state index in [1.807, 2.05) is 18.2 Å². The Morgan fingerprint density at radius 3 is 2.30 bits per heavy atom. The van der Waals surface area contributed by atoms with Gasteiger partial charge in [0.25, 0.3) is 5.91 Å². The van der Waals surface area contributed by atoms with Crippen molar-refractivity contribution in [3.63, 3.8) is 0 Å². The summed E-state index contributed by atoms with van der Waals surface area (Å²) in [4.78, 5) is 24.7. The lowest BCUT2D eigenvalue weighted by Crippen LogP contribution is -2.45. The van der Waals surface area contributed by atoms with Gasteiger partial charge in [-0.05, 0) is 57.7 Å². The van der Waals surface area contributed by atoms with Crippen molar-refractivity contribution >= 4 is 11.7 Å². The molecule has 0 saturated carbocycles. The van der Waals surface area contributed by atoms with Crippen LogP contribution in [0.5, 0.6) is 0 Å². The zero-order valence-electron chi connectivity index (χ0n) is 17.0. The van der Waals surface area contributed by atoms with Crippen molar-refractivity contribution in [3.8, 4) is 0 Å². The summed E-state index contributed by atoms with van der Waals surface area (Å²) >= 11 is 0. The fourth-order valence-corrected chi connectivity index (χ4v) is 2.73. The van der Waals surface area contributed by atoms with Gasteiger partial charge in [-0.1, -0.05) is 44.2 Å². The first-order valence-electron chi connectivity index (χ1n) is 9.86. The van der Waals surface area contributed by atoms with Crippen LogP contribution in [0.15, 0.2) is 48.1 Å². The summed E-state index contributed by atoms with van der Waals surface area (Å²) in [6.07, 6.45) is 8.63. The standard InChI is InChI=1S/C23H32N2O2/c1-17(2)23(3,4)25-16-8-15-24-22(27)20-13-11-19(12-14-20)21(26)18-9-6-5-7-10-18/h6,9-14,17,25H,5,7-8,15-16H2,1-4H3,(H,24,27). The topological polar surface area (TPSA) is 58.2 Å². The number of hydrogen-bond donors (Lipinski definition) is 2. The molecule has 0 atom stereocenters. The van der Waals surface area contributed by atoms with Gasteiger partial charge in [0.1, 0.15) is 0 Å². The van der Waals surface area contributed by atoms with Crippen molar-refractivity contribution in [2.24, 2.45) is 5.92 Å². The fraction of sp³-hybridized carbons (Fsp3) is 0.478. The average Bonchev–Trinajstić information content (AvgIpc) is 2.67. The number of carbonyl (C=O) groups is 2. The van der Waals surface area contributed by atoms with Crippen LogP contribution in [0.1, 0.15) is 67.7 Å². The number of Topliss-reactive ketones (excluding diaryl/α,β-unsaturated/α-hetero) is 1. The summed E-state index contributed by atoms with van der Waals surface area (Å²) in [7, 11) is 0. The average molecular weight is 369 g/mol. The monoisotopic (exact) mass is 368 g/mol. The van der Waals surface area contributed by atoms with Crippen molar-refractivity contribution in [1.82, 2.24) is 10.6 Å². The summed E-state index contributed by atoms with van der Waals surface area (Å²) in [5.41, 5.74) is 2.02. The van der Waals surface area contributed by atoms with Gasteiger partial charge in [-0.15, -0.1) is 0 Å². The normalized spacial score (nSPS) is 14.2. The van der Waals surface area contributed by atoms with Crippen LogP contribution in [0.3, 0.4) is 0 Å². The first kappa shape index (κ1) is 21.1. The highest BCUT2D eigenvalue weighted by Gasteiger charge is 2.20. The summed E-state index contributed by atoms with van der Waals surface area (Å²) in [5.74, 6) is 0.457. The molecule has 1 aliphatic carbocycles. The lowest BCUT2D eigenvalue weighted by molar-refractivity contribution is 0.0951. The fourth-order valence-electron chi connectivity index (χ4n) is 2.73. The SMILES string of the molecule is CC(C)C(C)(C)NCCCNC(=O)c1ccc(C(=O)C2=CCCC=C2)cc1. The number of amides is 1. The number of ketones is 1. The minimum absolute atomic E-state index is 0.0109. The molecule has 0 radical (unpaired) electrons. The molecule has 1 aromatic rings. The second-order valence-corrected chi connectivity index (χ2v) is 7.96. The quantitative estimate of drug-likeness (QED) is 0.505. The number of allylic oxidation sites excluding steroid dienone is 4. The Morgan fingerprint density at radius 1 is 1.04 bits per heavy atom. The largest absolute Gasteiger partial charge is 0.352 e. The minimum atomic E-state index is -0.103. The third kappa shape index (κ3) is 6.17. The maximum atomic E-state index is 12.4. The second kappa shape index (κ2) is 9.65. The smallest absolute Gasteiger partial charge is 0.251 e. The van der Waals surface area contributed by atoms with Crippen LogP contribution < -0.4 is 10.6 Å². The second-order valence-electron chi connectivity index (χ2n) is 7.96. The number of nitrogens with one attached hydrogen (secondary N) is 2. The lowest BCUT2D eigenvalue weighted by Gasteiger charge is -2.30. The third-order valence-corrected chi connectivity index (χ3v) is 5.33. The van der Waals surface area contributed by atoms with Gasteiger partial charge in [0.15, 0.2) is 5.78 Å². The molecule has 2 N–H and O–H groups in total. The molecule has 0 spiro atoms. The van der Waals surface area contributed by atoms with E-state index >= 15 is 0 Å². The van der Waals surface area contributed by atoms with Crippen LogP contribution in [0.2, 0.25) is 0 Å². The van der Waals surface area contributed by atoms with Gasteiger partial charge in [0, 0.05) is 28.8 Å². The predicted molar refractivity (Wildman–Crippen MR) is 111 cm³/mol. The molecule has 0 bridgehead atoms. The summed E-state index contributed by atoms with van der Waals surface area (Å²) in [6.45, 7) is 10.3. The lowest BCUT2D eigenvalue weighted by atomic mass is 9.91. The number of hydrogen-bond acceptors (Lipinski definition) is 3. The molecule has 4 heteroatoms. The molecule has 2 rings (SSSR count). The first-order valence-corrected chi connectivity index (χ1v) is 9.86. The van der Waals surface area contributed by atoms with Crippen LogP contribution in [0.4, 0.5) is 0 Å². The van der Waals surface area contributed by atoms with Crippen LogP contribution in [-0.4, -0.2) is 30.3 Å². The van der Waals surface area contributed by atoms with E-state index in [1.165, 1.54) is 0 Å². The van der Waals surface area contributed by atoms with Gasteiger partial charge < -0.3 is 10.6 Å². The van der Waals surface area contributed by atoms with Crippen LogP contribution in [-0.2, 0) is 0 Å². The van der Waals surface area contributed by atoms with Gasteiger partial charge in [0.05, 0.1) is 0 Å². The first-order chi connectivity index (χ1) is 12.8. The number of benzene rings is 1. The zero-order valence-corrected chi connectivity index (χ0v) is 17.0. The molecule has 146 valence electrons. The Kier molecular flexibility index (Phi) is 7.55. The molecule has 1 aliphatic rings.